The van der Waals surface area contributed by atoms with Crippen molar-refractivity contribution in [2.24, 2.45) is 0 Å². The summed E-state index contributed by atoms with van der Waals surface area (Å²) in [6.45, 7) is 4.63. The lowest BCUT2D eigenvalue weighted by Crippen LogP contribution is -2.36. The molecule has 16 heavy (non-hydrogen) atoms. The van der Waals surface area contributed by atoms with Gasteiger partial charge >= 0.3 is 0 Å². The number of aliphatic hydroxyl groups is 1. The van der Waals surface area contributed by atoms with Crippen LogP contribution in [0.1, 0.15) is 19.5 Å². The van der Waals surface area contributed by atoms with Crippen molar-refractivity contribution in [3.05, 3.63) is 22.8 Å². The minimum absolute atomic E-state index is 0.455. The molecule has 0 spiro atoms. The Morgan fingerprint density at radius 2 is 2.12 bits per heavy atom. The third-order valence-electron chi connectivity index (χ3n) is 2.02. The van der Waals surface area contributed by atoms with Gasteiger partial charge in [0.05, 0.1) is 16.3 Å². The maximum absolute atomic E-state index is 9.67. The summed E-state index contributed by atoms with van der Waals surface area (Å²) in [7, 11) is 1.90. The number of aromatic nitrogens is 1. The highest BCUT2D eigenvalue weighted by Crippen LogP contribution is 2.17. The molecule has 0 aliphatic heterocycles. The average molecular weight is 244 g/mol. The Morgan fingerprint density at radius 1 is 1.50 bits per heavy atom. The fourth-order valence-corrected chi connectivity index (χ4v) is 1.75. The summed E-state index contributed by atoms with van der Waals surface area (Å²) >= 11 is 6.00. The molecule has 1 aromatic rings. The summed E-state index contributed by atoms with van der Waals surface area (Å²) in [6.07, 6.45) is 0. The summed E-state index contributed by atoms with van der Waals surface area (Å²) < 4.78 is 0. The van der Waals surface area contributed by atoms with Crippen molar-refractivity contribution < 1.29 is 5.11 Å². The first kappa shape index (κ1) is 13.2. The highest BCUT2D eigenvalue weighted by molar-refractivity contribution is 6.31. The van der Waals surface area contributed by atoms with Crippen molar-refractivity contribution in [2.75, 3.05) is 19.3 Å². The molecule has 3 N–H and O–H groups in total. The standard InChI is InChI=1S/C11H18ClN3O/c1-11(2,16)7-15(3)6-9-8(12)4-5-10(13)14-9/h4-5,16H,6-7H2,1-3H3,(H2,13,14). The molecule has 1 aromatic heterocycles. The molecular weight excluding hydrogens is 226 g/mol. The van der Waals surface area contributed by atoms with Gasteiger partial charge in [-0.3, -0.25) is 4.90 Å². The smallest absolute Gasteiger partial charge is 0.123 e. The van der Waals surface area contributed by atoms with Gasteiger partial charge < -0.3 is 10.8 Å². The molecule has 1 rings (SSSR count). The predicted molar refractivity (Wildman–Crippen MR) is 66.3 cm³/mol. The van der Waals surface area contributed by atoms with Gasteiger partial charge in [0.1, 0.15) is 5.82 Å². The van der Waals surface area contributed by atoms with E-state index in [1.807, 2.05) is 11.9 Å². The van der Waals surface area contributed by atoms with Gasteiger partial charge in [-0.05, 0) is 33.0 Å². The number of nitrogens with zero attached hydrogens (tertiary/aromatic N) is 2. The quantitative estimate of drug-likeness (QED) is 0.842. The van der Waals surface area contributed by atoms with E-state index in [-0.39, 0.29) is 0 Å². The van der Waals surface area contributed by atoms with E-state index in [0.29, 0.717) is 23.9 Å². The number of likely N-dealkylation sites (N-methyl/N-ethyl adjacent to an activating group) is 1. The summed E-state index contributed by atoms with van der Waals surface area (Å²) in [5.41, 5.74) is 5.59. The van der Waals surface area contributed by atoms with Gasteiger partial charge in [-0.25, -0.2) is 4.98 Å². The Balaban J connectivity index is 2.69. The maximum atomic E-state index is 9.67. The van der Waals surface area contributed by atoms with Crippen LogP contribution in [-0.4, -0.2) is 34.2 Å². The fraction of sp³-hybridized carbons (Fsp3) is 0.545. The molecule has 90 valence electrons. The second-order valence-electron chi connectivity index (χ2n) is 4.65. The molecule has 0 aliphatic rings. The Labute approximate surface area is 101 Å². The lowest BCUT2D eigenvalue weighted by Gasteiger charge is -2.25. The molecule has 0 saturated carbocycles. The van der Waals surface area contributed by atoms with E-state index >= 15 is 0 Å². The largest absolute Gasteiger partial charge is 0.389 e. The average Bonchev–Trinajstić information content (AvgIpc) is 2.08. The number of nitrogen functional groups attached to an aromatic ring is 1. The number of halogens is 1. The van der Waals surface area contributed by atoms with E-state index in [2.05, 4.69) is 4.98 Å². The number of nitrogens with two attached hydrogens (primary N) is 1. The molecule has 0 unspecified atom stereocenters. The zero-order chi connectivity index (χ0) is 12.3. The van der Waals surface area contributed by atoms with Gasteiger partial charge in [0, 0.05) is 13.1 Å². The van der Waals surface area contributed by atoms with Crippen LogP contribution in [0.15, 0.2) is 12.1 Å². The number of hydrogen-bond donors (Lipinski definition) is 2. The van der Waals surface area contributed by atoms with E-state index in [9.17, 15) is 5.11 Å². The molecule has 1 heterocycles. The van der Waals surface area contributed by atoms with Gasteiger partial charge in [-0.15, -0.1) is 0 Å². The summed E-state index contributed by atoms with van der Waals surface area (Å²) in [4.78, 5) is 6.12. The first-order chi connectivity index (χ1) is 7.28. The number of pyridine rings is 1. The van der Waals surface area contributed by atoms with Crippen LogP contribution in [0.3, 0.4) is 0 Å². The minimum Gasteiger partial charge on any atom is -0.389 e. The van der Waals surface area contributed by atoms with E-state index in [1.54, 1.807) is 26.0 Å². The zero-order valence-electron chi connectivity index (χ0n) is 9.87. The fourth-order valence-electron chi connectivity index (χ4n) is 1.58. The van der Waals surface area contributed by atoms with Crippen molar-refractivity contribution in [1.82, 2.24) is 9.88 Å². The lowest BCUT2D eigenvalue weighted by atomic mass is 10.1. The van der Waals surface area contributed by atoms with Gasteiger partial charge in [0.15, 0.2) is 0 Å². The van der Waals surface area contributed by atoms with E-state index < -0.39 is 5.60 Å². The predicted octanol–water partition coefficient (Wildman–Crippen LogP) is 1.52. The van der Waals surface area contributed by atoms with Crippen LogP contribution >= 0.6 is 11.6 Å². The number of rotatable bonds is 4. The number of anilines is 1. The molecular formula is C11H18ClN3O. The van der Waals surface area contributed by atoms with Crippen LogP contribution in [0, 0.1) is 0 Å². The first-order valence-corrected chi connectivity index (χ1v) is 5.47. The second kappa shape index (κ2) is 4.99. The molecule has 5 heteroatoms. The van der Waals surface area contributed by atoms with Gasteiger partial charge in [0.2, 0.25) is 0 Å². The zero-order valence-corrected chi connectivity index (χ0v) is 10.6. The molecule has 0 amide bonds. The summed E-state index contributed by atoms with van der Waals surface area (Å²) in [6, 6.07) is 3.40. The molecule has 4 nitrogen and oxygen atoms in total. The van der Waals surface area contributed by atoms with Gasteiger partial charge in [-0.2, -0.15) is 0 Å². The highest BCUT2D eigenvalue weighted by atomic mass is 35.5. The normalized spacial score (nSPS) is 12.1. The van der Waals surface area contributed by atoms with Crippen LogP contribution in [0.2, 0.25) is 5.02 Å². The second-order valence-corrected chi connectivity index (χ2v) is 5.06. The Kier molecular flexibility index (Phi) is 4.13. The van der Waals surface area contributed by atoms with Crippen LogP contribution in [-0.2, 0) is 6.54 Å². The first-order valence-electron chi connectivity index (χ1n) is 5.10. The van der Waals surface area contributed by atoms with Crippen molar-refractivity contribution in [3.63, 3.8) is 0 Å². The lowest BCUT2D eigenvalue weighted by molar-refractivity contribution is 0.0422. The van der Waals surface area contributed by atoms with Gasteiger partial charge in [-0.1, -0.05) is 11.6 Å². The highest BCUT2D eigenvalue weighted by Gasteiger charge is 2.16. The van der Waals surface area contributed by atoms with Crippen LogP contribution in [0.5, 0.6) is 0 Å². The molecule has 0 atom stereocenters. The Morgan fingerprint density at radius 3 is 2.69 bits per heavy atom. The monoisotopic (exact) mass is 243 g/mol. The molecule has 0 aliphatic carbocycles. The molecule has 0 aromatic carbocycles. The molecule has 0 fully saturated rings. The van der Waals surface area contributed by atoms with Crippen LogP contribution in [0.25, 0.3) is 0 Å². The van der Waals surface area contributed by atoms with Gasteiger partial charge in [0.25, 0.3) is 0 Å². The Hall–Kier alpha value is -0.840. The molecule has 0 saturated heterocycles. The Bertz CT molecular complexity index is 363. The number of hydrogen-bond acceptors (Lipinski definition) is 4. The van der Waals surface area contributed by atoms with Crippen molar-refractivity contribution in [1.29, 1.82) is 0 Å². The van der Waals surface area contributed by atoms with Crippen LogP contribution < -0.4 is 5.73 Å². The molecule has 0 radical (unpaired) electrons. The van der Waals surface area contributed by atoms with E-state index in [1.165, 1.54) is 0 Å². The van der Waals surface area contributed by atoms with Crippen molar-refractivity contribution in [3.8, 4) is 0 Å². The van der Waals surface area contributed by atoms with Crippen LogP contribution in [0.4, 0.5) is 5.82 Å². The van der Waals surface area contributed by atoms with Crippen molar-refractivity contribution in [2.45, 2.75) is 26.0 Å². The van der Waals surface area contributed by atoms with E-state index in [4.69, 9.17) is 17.3 Å². The maximum Gasteiger partial charge on any atom is 0.123 e. The molecule has 0 bridgehead atoms. The third-order valence-corrected chi connectivity index (χ3v) is 2.36. The van der Waals surface area contributed by atoms with E-state index in [0.717, 1.165) is 5.69 Å². The summed E-state index contributed by atoms with van der Waals surface area (Å²) in [5, 5.41) is 10.3. The third kappa shape index (κ3) is 4.35. The minimum atomic E-state index is -0.735. The topological polar surface area (TPSA) is 62.4 Å². The SMILES string of the molecule is CN(Cc1nc(N)ccc1Cl)CC(C)(C)O. The summed E-state index contributed by atoms with van der Waals surface area (Å²) in [5.74, 6) is 0.455. The van der Waals surface area contributed by atoms with Crippen molar-refractivity contribution >= 4 is 17.4 Å².